The normalized spacial score (nSPS) is 19.8. The highest BCUT2D eigenvalue weighted by Gasteiger charge is 2.34. The van der Waals surface area contributed by atoms with E-state index in [0.29, 0.717) is 58.5 Å². The van der Waals surface area contributed by atoms with E-state index in [2.05, 4.69) is 18.7 Å². The Morgan fingerprint density at radius 3 is 1.80 bits per heavy atom. The summed E-state index contributed by atoms with van der Waals surface area (Å²) in [6.45, 7) is 9.66. The average molecular weight is 446 g/mol. The van der Waals surface area contributed by atoms with Crippen LogP contribution in [0.2, 0.25) is 0 Å². The third-order valence-electron chi connectivity index (χ3n) is 5.83. The van der Waals surface area contributed by atoms with Crippen LogP contribution in [0.3, 0.4) is 0 Å². The Bertz CT molecular complexity index is 650. The van der Waals surface area contributed by atoms with E-state index in [1.807, 2.05) is 11.9 Å². The Balaban J connectivity index is 1.74. The van der Waals surface area contributed by atoms with Crippen LogP contribution in [0.5, 0.6) is 0 Å². The van der Waals surface area contributed by atoms with Crippen molar-refractivity contribution in [1.82, 2.24) is 23.3 Å². The molecule has 2 saturated heterocycles. The van der Waals surface area contributed by atoms with Gasteiger partial charge in [-0.3, -0.25) is 9.59 Å². The number of carbonyl (C=O) groups excluding carboxylic acids is 2. The molecule has 10 heteroatoms. The van der Waals surface area contributed by atoms with Crippen LogP contribution in [0.15, 0.2) is 0 Å². The quantitative estimate of drug-likeness (QED) is 0.487. The topological polar surface area (TPSA) is 84.5 Å². The zero-order valence-corrected chi connectivity index (χ0v) is 19.7. The lowest BCUT2D eigenvalue weighted by Gasteiger charge is -2.39. The lowest BCUT2D eigenvalue weighted by Crippen LogP contribution is -2.57. The molecule has 0 saturated carbocycles. The molecule has 174 valence electrons. The number of nitrogens with zero attached hydrogens (tertiary/aromatic N) is 5. The van der Waals surface area contributed by atoms with E-state index < -0.39 is 10.2 Å². The summed E-state index contributed by atoms with van der Waals surface area (Å²) < 4.78 is 28.7. The summed E-state index contributed by atoms with van der Waals surface area (Å²) in [6, 6.07) is 0. The highest BCUT2D eigenvalue weighted by atomic mass is 32.2. The number of likely N-dealkylation sites (N-methyl/N-ethyl adjacent to an activating group) is 1. The van der Waals surface area contributed by atoms with Crippen LogP contribution in [0.1, 0.15) is 46.0 Å². The molecule has 2 rings (SSSR count). The van der Waals surface area contributed by atoms with Crippen molar-refractivity contribution in [3.8, 4) is 0 Å². The predicted octanol–water partition coefficient (Wildman–Crippen LogP) is 0.442. The van der Waals surface area contributed by atoms with Gasteiger partial charge in [0.1, 0.15) is 0 Å². The Hall–Kier alpha value is -1.23. The molecule has 2 fully saturated rings. The largest absolute Gasteiger partial charge is 0.343 e. The van der Waals surface area contributed by atoms with E-state index in [9.17, 15) is 18.0 Å². The summed E-state index contributed by atoms with van der Waals surface area (Å²) in [4.78, 5) is 30.6. The van der Waals surface area contributed by atoms with Crippen LogP contribution in [-0.4, -0.2) is 116 Å². The number of hydrogen-bond donors (Lipinski definition) is 0. The first-order valence-electron chi connectivity index (χ1n) is 11.3. The molecule has 2 aliphatic heterocycles. The summed E-state index contributed by atoms with van der Waals surface area (Å²) in [5.41, 5.74) is 0. The van der Waals surface area contributed by atoms with Gasteiger partial charge in [0.25, 0.3) is 10.2 Å². The average Bonchev–Trinajstić information content (AvgIpc) is 2.73. The second kappa shape index (κ2) is 12.0. The maximum Gasteiger partial charge on any atom is 0.282 e. The molecule has 0 aromatic rings. The van der Waals surface area contributed by atoms with E-state index in [1.165, 1.54) is 4.31 Å². The molecule has 0 aromatic carbocycles. The highest BCUT2D eigenvalue weighted by molar-refractivity contribution is 7.86. The van der Waals surface area contributed by atoms with Gasteiger partial charge in [-0.15, -0.1) is 0 Å². The smallest absolute Gasteiger partial charge is 0.282 e. The third-order valence-corrected chi connectivity index (χ3v) is 7.86. The number of rotatable bonds is 10. The first-order valence-corrected chi connectivity index (χ1v) is 12.7. The number of piperazine rings is 2. The van der Waals surface area contributed by atoms with Crippen LogP contribution in [0, 0.1) is 0 Å². The van der Waals surface area contributed by atoms with Crippen molar-refractivity contribution in [2.24, 2.45) is 0 Å². The van der Waals surface area contributed by atoms with E-state index in [4.69, 9.17) is 0 Å². The molecule has 0 bridgehead atoms. The minimum atomic E-state index is -3.45. The van der Waals surface area contributed by atoms with Gasteiger partial charge in [-0.2, -0.15) is 17.0 Å². The maximum atomic E-state index is 12.8. The van der Waals surface area contributed by atoms with Crippen LogP contribution in [0.4, 0.5) is 0 Å². The van der Waals surface area contributed by atoms with Crippen LogP contribution in [0.25, 0.3) is 0 Å². The van der Waals surface area contributed by atoms with Crippen molar-refractivity contribution in [3.63, 3.8) is 0 Å². The standard InChI is InChI=1S/C20H39N5O4S/c1-4-9-22(10-5-2)19(26)7-6-8-20(27)23-13-17-25(18-14-23)30(28,29)24-15-11-21(3)12-16-24/h4-18H2,1-3H3. The molecular formula is C20H39N5O4S. The Kier molecular flexibility index (Phi) is 9.99. The molecule has 9 nitrogen and oxygen atoms in total. The first-order chi connectivity index (χ1) is 14.3. The second-order valence-electron chi connectivity index (χ2n) is 8.22. The van der Waals surface area contributed by atoms with Gasteiger partial charge in [-0.25, -0.2) is 0 Å². The van der Waals surface area contributed by atoms with Gasteiger partial charge in [0.15, 0.2) is 0 Å². The van der Waals surface area contributed by atoms with E-state index in [0.717, 1.165) is 39.0 Å². The molecular weight excluding hydrogens is 406 g/mol. The minimum Gasteiger partial charge on any atom is -0.343 e. The minimum absolute atomic E-state index is 0.0111. The summed E-state index contributed by atoms with van der Waals surface area (Å²) in [5, 5.41) is 0. The second-order valence-corrected chi connectivity index (χ2v) is 10.2. The Labute approximate surface area is 182 Å². The van der Waals surface area contributed by atoms with Crippen molar-refractivity contribution in [2.75, 3.05) is 72.5 Å². The van der Waals surface area contributed by atoms with Crippen LogP contribution in [-0.2, 0) is 19.8 Å². The monoisotopic (exact) mass is 445 g/mol. The predicted molar refractivity (Wildman–Crippen MR) is 117 cm³/mol. The van der Waals surface area contributed by atoms with Crippen LogP contribution < -0.4 is 0 Å². The summed E-state index contributed by atoms with van der Waals surface area (Å²) in [6.07, 6.45) is 3.14. The van der Waals surface area contributed by atoms with Crippen molar-refractivity contribution < 1.29 is 18.0 Å². The number of hydrogen-bond acceptors (Lipinski definition) is 5. The van der Waals surface area contributed by atoms with Gasteiger partial charge in [0.05, 0.1) is 0 Å². The summed E-state index contributed by atoms with van der Waals surface area (Å²) >= 11 is 0. The third kappa shape index (κ3) is 6.90. The zero-order valence-electron chi connectivity index (χ0n) is 18.9. The molecule has 2 aliphatic rings. The Morgan fingerprint density at radius 2 is 1.30 bits per heavy atom. The lowest BCUT2D eigenvalue weighted by molar-refractivity contribution is -0.133. The van der Waals surface area contributed by atoms with Gasteiger partial charge in [-0.05, 0) is 26.3 Å². The van der Waals surface area contributed by atoms with Gasteiger partial charge >= 0.3 is 0 Å². The lowest BCUT2D eigenvalue weighted by atomic mass is 10.2. The van der Waals surface area contributed by atoms with Gasteiger partial charge in [0.2, 0.25) is 11.8 Å². The van der Waals surface area contributed by atoms with E-state index in [-0.39, 0.29) is 11.8 Å². The van der Waals surface area contributed by atoms with Gasteiger partial charge < -0.3 is 14.7 Å². The first kappa shape index (κ1) is 25.0. The SMILES string of the molecule is CCCN(CCC)C(=O)CCCC(=O)N1CCN(S(=O)(=O)N2CCN(C)CC2)CC1. The maximum absolute atomic E-state index is 12.8. The van der Waals surface area contributed by atoms with Crippen molar-refractivity contribution >= 4 is 22.0 Å². The molecule has 0 aromatic heterocycles. The fourth-order valence-electron chi connectivity index (χ4n) is 3.96. The highest BCUT2D eigenvalue weighted by Crippen LogP contribution is 2.15. The Morgan fingerprint density at radius 1 is 0.800 bits per heavy atom. The van der Waals surface area contributed by atoms with Gasteiger partial charge in [0, 0.05) is 78.3 Å². The van der Waals surface area contributed by atoms with Crippen molar-refractivity contribution in [3.05, 3.63) is 0 Å². The van der Waals surface area contributed by atoms with Crippen molar-refractivity contribution in [2.45, 2.75) is 46.0 Å². The molecule has 0 spiro atoms. The molecule has 30 heavy (non-hydrogen) atoms. The summed E-state index contributed by atoms with van der Waals surface area (Å²) in [7, 11) is -1.46. The number of carbonyl (C=O) groups is 2. The molecule has 2 heterocycles. The zero-order chi connectivity index (χ0) is 22.1. The molecule has 2 amide bonds. The molecule has 0 atom stereocenters. The van der Waals surface area contributed by atoms with Crippen LogP contribution >= 0.6 is 0 Å². The molecule has 0 aliphatic carbocycles. The molecule has 0 radical (unpaired) electrons. The summed E-state index contributed by atoms with van der Waals surface area (Å²) in [5.74, 6) is 0.131. The van der Waals surface area contributed by atoms with Crippen molar-refractivity contribution in [1.29, 1.82) is 0 Å². The fraction of sp³-hybridized carbons (Fsp3) is 0.900. The molecule has 0 unspecified atom stereocenters. The fourth-order valence-corrected chi connectivity index (χ4v) is 5.53. The molecule has 0 N–H and O–H groups in total. The van der Waals surface area contributed by atoms with Gasteiger partial charge in [-0.1, -0.05) is 13.8 Å². The van der Waals surface area contributed by atoms with E-state index in [1.54, 1.807) is 9.21 Å². The number of amides is 2. The van der Waals surface area contributed by atoms with E-state index >= 15 is 0 Å².